The monoisotopic (exact) mass is 301 g/mol. The molecule has 3 rings (SSSR count). The molecule has 0 bridgehead atoms. The number of rotatable bonds is 4. The lowest BCUT2D eigenvalue weighted by Crippen LogP contribution is -2.03. The van der Waals surface area contributed by atoms with Gasteiger partial charge in [-0.15, -0.1) is 0 Å². The number of benzene rings is 1. The van der Waals surface area contributed by atoms with E-state index in [2.05, 4.69) is 17.0 Å². The third kappa shape index (κ3) is 2.72. The van der Waals surface area contributed by atoms with Crippen LogP contribution in [-0.4, -0.2) is 21.9 Å². The van der Waals surface area contributed by atoms with E-state index in [-0.39, 0.29) is 0 Å². The molecule has 0 aliphatic rings. The molecule has 2 aromatic heterocycles. The lowest BCUT2D eigenvalue weighted by atomic mass is 10.2. The molecule has 2 heterocycles. The van der Waals surface area contributed by atoms with Crippen molar-refractivity contribution in [3.63, 3.8) is 0 Å². The van der Waals surface area contributed by atoms with Crippen molar-refractivity contribution in [2.75, 3.05) is 7.11 Å². The molecule has 0 fully saturated rings. The summed E-state index contributed by atoms with van der Waals surface area (Å²) in [4.78, 5) is 4.42. The molecule has 0 saturated carbocycles. The molecule has 0 amide bonds. The Bertz CT molecular complexity index is 765. The van der Waals surface area contributed by atoms with Crippen LogP contribution >= 0.6 is 11.6 Å². The van der Waals surface area contributed by atoms with Crippen molar-refractivity contribution in [2.24, 2.45) is 0 Å². The van der Waals surface area contributed by atoms with Gasteiger partial charge < -0.3 is 4.74 Å². The Morgan fingerprint density at radius 3 is 2.57 bits per heavy atom. The molecule has 0 atom stereocenters. The highest BCUT2D eigenvalue weighted by molar-refractivity contribution is 6.29. The molecule has 4 nitrogen and oxygen atoms in total. The molecule has 1 aromatic carbocycles. The van der Waals surface area contributed by atoms with E-state index in [0.717, 1.165) is 34.5 Å². The highest BCUT2D eigenvalue weighted by Crippen LogP contribution is 2.21. The number of aryl methyl sites for hydroxylation is 1. The summed E-state index contributed by atoms with van der Waals surface area (Å²) < 4.78 is 7.08. The van der Waals surface area contributed by atoms with Crippen LogP contribution in [0.5, 0.6) is 5.75 Å². The molecule has 0 radical (unpaired) electrons. The van der Waals surface area contributed by atoms with Crippen molar-refractivity contribution >= 4 is 22.6 Å². The van der Waals surface area contributed by atoms with Crippen molar-refractivity contribution in [3.8, 4) is 5.75 Å². The predicted molar refractivity (Wildman–Crippen MR) is 84.0 cm³/mol. The summed E-state index contributed by atoms with van der Waals surface area (Å²) in [6.07, 6.45) is 0.870. The van der Waals surface area contributed by atoms with Crippen LogP contribution in [0.1, 0.15) is 18.2 Å². The van der Waals surface area contributed by atoms with Crippen LogP contribution in [0.3, 0.4) is 0 Å². The standard InChI is InChI=1S/C16H16ClN3O/c1-3-14-13-8-9-15(17)18-16(13)20(19-14)10-11-4-6-12(21-2)7-5-11/h4-9H,3,10H2,1-2H3. The third-order valence-electron chi connectivity index (χ3n) is 3.46. The van der Waals surface area contributed by atoms with Crippen LogP contribution < -0.4 is 4.74 Å². The third-order valence-corrected chi connectivity index (χ3v) is 3.67. The molecule has 0 spiro atoms. The SMILES string of the molecule is CCc1nn(Cc2ccc(OC)cc2)c2nc(Cl)ccc12. The Balaban J connectivity index is 2.00. The first kappa shape index (κ1) is 13.9. The van der Waals surface area contributed by atoms with E-state index < -0.39 is 0 Å². The summed E-state index contributed by atoms with van der Waals surface area (Å²) in [5, 5.41) is 6.20. The van der Waals surface area contributed by atoms with Crippen LogP contribution in [0.2, 0.25) is 5.15 Å². The second-order valence-electron chi connectivity index (χ2n) is 4.81. The van der Waals surface area contributed by atoms with Gasteiger partial charge in [-0.25, -0.2) is 9.67 Å². The van der Waals surface area contributed by atoms with Gasteiger partial charge in [0, 0.05) is 5.39 Å². The van der Waals surface area contributed by atoms with Crippen molar-refractivity contribution in [1.29, 1.82) is 0 Å². The number of fused-ring (bicyclic) bond motifs is 1. The van der Waals surface area contributed by atoms with Gasteiger partial charge in [0.05, 0.1) is 19.3 Å². The zero-order chi connectivity index (χ0) is 14.8. The maximum atomic E-state index is 6.02. The van der Waals surface area contributed by atoms with Gasteiger partial charge in [0.25, 0.3) is 0 Å². The molecular weight excluding hydrogens is 286 g/mol. The van der Waals surface area contributed by atoms with Crippen LogP contribution in [0, 0.1) is 0 Å². The first-order chi connectivity index (χ1) is 10.2. The lowest BCUT2D eigenvalue weighted by Gasteiger charge is -2.05. The number of pyridine rings is 1. The molecule has 0 aliphatic heterocycles. The summed E-state index contributed by atoms with van der Waals surface area (Å²) in [5.41, 5.74) is 3.02. The number of nitrogens with zero attached hydrogens (tertiary/aromatic N) is 3. The molecule has 5 heteroatoms. The fraction of sp³-hybridized carbons (Fsp3) is 0.250. The Hall–Kier alpha value is -2.07. The highest BCUT2D eigenvalue weighted by atomic mass is 35.5. The van der Waals surface area contributed by atoms with Gasteiger partial charge in [-0.3, -0.25) is 0 Å². The fourth-order valence-corrected chi connectivity index (χ4v) is 2.51. The van der Waals surface area contributed by atoms with E-state index in [1.165, 1.54) is 0 Å². The topological polar surface area (TPSA) is 39.9 Å². The van der Waals surface area contributed by atoms with Crippen molar-refractivity contribution in [3.05, 3.63) is 52.8 Å². The average Bonchev–Trinajstić information content (AvgIpc) is 2.85. The van der Waals surface area contributed by atoms with E-state index in [4.69, 9.17) is 16.3 Å². The van der Waals surface area contributed by atoms with Crippen molar-refractivity contribution in [2.45, 2.75) is 19.9 Å². The quantitative estimate of drug-likeness (QED) is 0.690. The van der Waals surface area contributed by atoms with Gasteiger partial charge >= 0.3 is 0 Å². The van der Waals surface area contributed by atoms with Gasteiger partial charge in [-0.05, 0) is 36.2 Å². The smallest absolute Gasteiger partial charge is 0.160 e. The number of hydrogen-bond acceptors (Lipinski definition) is 3. The molecule has 3 aromatic rings. The van der Waals surface area contributed by atoms with Crippen LogP contribution in [0.25, 0.3) is 11.0 Å². The minimum Gasteiger partial charge on any atom is -0.497 e. The minimum absolute atomic E-state index is 0.487. The number of halogens is 1. The van der Waals surface area contributed by atoms with E-state index >= 15 is 0 Å². The number of ether oxygens (including phenoxy) is 1. The van der Waals surface area contributed by atoms with Gasteiger partial charge in [0.2, 0.25) is 0 Å². The van der Waals surface area contributed by atoms with Crippen LogP contribution in [-0.2, 0) is 13.0 Å². The van der Waals surface area contributed by atoms with Gasteiger partial charge in [-0.2, -0.15) is 5.10 Å². The first-order valence-electron chi connectivity index (χ1n) is 6.86. The van der Waals surface area contributed by atoms with Crippen molar-refractivity contribution in [1.82, 2.24) is 14.8 Å². The zero-order valence-corrected chi connectivity index (χ0v) is 12.8. The zero-order valence-electron chi connectivity index (χ0n) is 12.0. The normalized spacial score (nSPS) is 11.0. The Labute approximate surface area is 128 Å². The average molecular weight is 302 g/mol. The van der Waals surface area contributed by atoms with E-state index in [0.29, 0.717) is 11.7 Å². The van der Waals surface area contributed by atoms with Crippen LogP contribution in [0.4, 0.5) is 0 Å². The molecular formula is C16H16ClN3O. The van der Waals surface area contributed by atoms with Gasteiger partial charge in [0.15, 0.2) is 5.65 Å². The van der Waals surface area contributed by atoms with E-state index in [1.54, 1.807) is 7.11 Å². The Kier molecular flexibility index (Phi) is 3.80. The molecule has 0 saturated heterocycles. The van der Waals surface area contributed by atoms with E-state index in [9.17, 15) is 0 Å². The maximum absolute atomic E-state index is 6.02. The number of methoxy groups -OCH3 is 1. The summed E-state index contributed by atoms with van der Waals surface area (Å²) in [7, 11) is 1.66. The second kappa shape index (κ2) is 5.74. The summed E-state index contributed by atoms with van der Waals surface area (Å²) in [6, 6.07) is 11.7. The number of aromatic nitrogens is 3. The van der Waals surface area contributed by atoms with Gasteiger partial charge in [-0.1, -0.05) is 30.7 Å². The molecule has 0 aliphatic carbocycles. The molecule has 21 heavy (non-hydrogen) atoms. The largest absolute Gasteiger partial charge is 0.497 e. The summed E-state index contributed by atoms with van der Waals surface area (Å²) in [6.45, 7) is 2.75. The number of hydrogen-bond donors (Lipinski definition) is 0. The van der Waals surface area contributed by atoms with Crippen LogP contribution in [0.15, 0.2) is 36.4 Å². The molecule has 0 N–H and O–H groups in total. The molecule has 108 valence electrons. The van der Waals surface area contributed by atoms with E-state index in [1.807, 2.05) is 41.1 Å². The fourth-order valence-electron chi connectivity index (χ4n) is 2.37. The Morgan fingerprint density at radius 2 is 1.90 bits per heavy atom. The lowest BCUT2D eigenvalue weighted by molar-refractivity contribution is 0.414. The highest BCUT2D eigenvalue weighted by Gasteiger charge is 2.11. The summed E-state index contributed by atoms with van der Waals surface area (Å²) in [5.74, 6) is 0.847. The summed E-state index contributed by atoms with van der Waals surface area (Å²) >= 11 is 6.02. The predicted octanol–water partition coefficient (Wildman–Crippen LogP) is 3.70. The van der Waals surface area contributed by atoms with Gasteiger partial charge in [0.1, 0.15) is 10.9 Å². The minimum atomic E-state index is 0.487. The Morgan fingerprint density at radius 1 is 1.14 bits per heavy atom. The maximum Gasteiger partial charge on any atom is 0.160 e. The molecule has 0 unspecified atom stereocenters. The first-order valence-corrected chi connectivity index (χ1v) is 7.24. The second-order valence-corrected chi connectivity index (χ2v) is 5.20. The van der Waals surface area contributed by atoms with Crippen molar-refractivity contribution < 1.29 is 4.74 Å².